The molecule has 24 heavy (non-hydrogen) atoms. The molecule has 0 atom stereocenters. The molecule has 3 heteroatoms. The molecule has 0 bridgehead atoms. The summed E-state index contributed by atoms with van der Waals surface area (Å²) in [7, 11) is 0. The Hall–Kier alpha value is -2.86. The summed E-state index contributed by atoms with van der Waals surface area (Å²) in [5.74, 6) is -0.123. The minimum absolute atomic E-state index is 0.123. The van der Waals surface area contributed by atoms with E-state index in [1.165, 1.54) is 11.1 Å². The lowest BCUT2D eigenvalue weighted by Gasteiger charge is -2.22. The zero-order chi connectivity index (χ0) is 17.1. The Kier molecular flexibility index (Phi) is 4.48. The van der Waals surface area contributed by atoms with Gasteiger partial charge in [0, 0.05) is 17.7 Å². The average Bonchev–Trinajstić information content (AvgIpc) is 2.62. The summed E-state index contributed by atoms with van der Waals surface area (Å²) in [6.07, 6.45) is 2.19. The quantitative estimate of drug-likeness (QED) is 0.916. The normalized spacial score (nSPS) is 13.5. The van der Waals surface area contributed by atoms with Crippen LogP contribution in [-0.2, 0) is 24.1 Å². The maximum atomic E-state index is 12.3. The molecular formula is C21H20N2O. The molecule has 2 aromatic carbocycles. The third-order valence-corrected chi connectivity index (χ3v) is 4.48. The van der Waals surface area contributed by atoms with Gasteiger partial charge in [-0.15, -0.1) is 0 Å². The van der Waals surface area contributed by atoms with Crippen molar-refractivity contribution in [1.82, 2.24) is 0 Å². The van der Waals surface area contributed by atoms with Gasteiger partial charge in [-0.1, -0.05) is 38.1 Å². The second-order valence-corrected chi connectivity index (χ2v) is 5.98. The highest BCUT2D eigenvalue weighted by Crippen LogP contribution is 2.31. The number of nitrogens with one attached hydrogen (secondary N) is 1. The summed E-state index contributed by atoms with van der Waals surface area (Å²) >= 11 is 0. The van der Waals surface area contributed by atoms with Crippen LogP contribution >= 0.6 is 0 Å². The zero-order valence-corrected chi connectivity index (χ0v) is 14.0. The topological polar surface area (TPSA) is 52.9 Å². The standard InChI is InChI=1S/C21H20N2O/c1-3-14-6-9-17(10-7-14)23-21-18-11-15(4-2)5-8-16(18)12-20(24)19(21)13-22/h5-11,23H,3-4,12H2,1-2H3. The van der Waals surface area contributed by atoms with Crippen molar-refractivity contribution < 1.29 is 4.79 Å². The lowest BCUT2D eigenvalue weighted by Crippen LogP contribution is -2.19. The van der Waals surface area contributed by atoms with Crippen LogP contribution < -0.4 is 5.32 Å². The number of anilines is 1. The lowest BCUT2D eigenvalue weighted by molar-refractivity contribution is -0.114. The molecule has 0 heterocycles. The largest absolute Gasteiger partial charge is 0.354 e. The Bertz CT molecular complexity index is 854. The van der Waals surface area contributed by atoms with Crippen molar-refractivity contribution in [1.29, 1.82) is 5.26 Å². The molecule has 0 fully saturated rings. The van der Waals surface area contributed by atoms with Crippen molar-refractivity contribution in [2.45, 2.75) is 33.1 Å². The van der Waals surface area contributed by atoms with Crippen LogP contribution in [-0.4, -0.2) is 5.78 Å². The van der Waals surface area contributed by atoms with Crippen LogP contribution in [0.15, 0.2) is 48.0 Å². The molecule has 0 saturated carbocycles. The van der Waals surface area contributed by atoms with Gasteiger partial charge >= 0.3 is 0 Å². The van der Waals surface area contributed by atoms with Crippen LogP contribution in [0.1, 0.15) is 36.1 Å². The van der Waals surface area contributed by atoms with Gasteiger partial charge in [0.1, 0.15) is 11.6 Å². The Morgan fingerprint density at radius 3 is 2.33 bits per heavy atom. The van der Waals surface area contributed by atoms with Gasteiger partial charge in [0.25, 0.3) is 0 Å². The molecule has 0 spiro atoms. The van der Waals surface area contributed by atoms with Gasteiger partial charge in [-0.2, -0.15) is 5.26 Å². The molecule has 1 aliphatic rings. The van der Waals surface area contributed by atoms with E-state index < -0.39 is 0 Å². The van der Waals surface area contributed by atoms with Crippen LogP contribution in [0.2, 0.25) is 0 Å². The van der Waals surface area contributed by atoms with Crippen molar-refractivity contribution in [2.24, 2.45) is 0 Å². The van der Waals surface area contributed by atoms with Crippen molar-refractivity contribution in [3.8, 4) is 6.07 Å². The fraction of sp³-hybridized carbons (Fsp3) is 0.238. The Balaban J connectivity index is 2.07. The van der Waals surface area contributed by atoms with E-state index in [1.807, 2.05) is 18.2 Å². The maximum Gasteiger partial charge on any atom is 0.179 e. The van der Waals surface area contributed by atoms with E-state index in [0.29, 0.717) is 12.1 Å². The zero-order valence-electron chi connectivity index (χ0n) is 14.0. The minimum Gasteiger partial charge on any atom is -0.354 e. The predicted molar refractivity (Wildman–Crippen MR) is 96.5 cm³/mol. The number of rotatable bonds is 4. The van der Waals surface area contributed by atoms with Gasteiger partial charge in [0.15, 0.2) is 5.78 Å². The Morgan fingerprint density at radius 1 is 1.04 bits per heavy atom. The Morgan fingerprint density at radius 2 is 1.71 bits per heavy atom. The van der Waals surface area contributed by atoms with E-state index in [0.717, 1.165) is 29.7 Å². The minimum atomic E-state index is -0.123. The van der Waals surface area contributed by atoms with Gasteiger partial charge < -0.3 is 5.32 Å². The second kappa shape index (κ2) is 6.72. The maximum absolute atomic E-state index is 12.3. The molecule has 0 radical (unpaired) electrons. The van der Waals surface area contributed by atoms with E-state index in [-0.39, 0.29) is 11.4 Å². The third-order valence-electron chi connectivity index (χ3n) is 4.48. The van der Waals surface area contributed by atoms with Crippen molar-refractivity contribution in [3.63, 3.8) is 0 Å². The van der Waals surface area contributed by atoms with E-state index in [1.54, 1.807) is 0 Å². The van der Waals surface area contributed by atoms with Crippen molar-refractivity contribution in [3.05, 3.63) is 70.3 Å². The smallest absolute Gasteiger partial charge is 0.179 e. The summed E-state index contributed by atoms with van der Waals surface area (Å²) < 4.78 is 0. The predicted octanol–water partition coefficient (Wildman–Crippen LogP) is 4.28. The number of nitrogens with zero attached hydrogens (tertiary/aromatic N) is 1. The van der Waals surface area contributed by atoms with Crippen LogP contribution in [0.4, 0.5) is 5.69 Å². The van der Waals surface area contributed by atoms with Crippen LogP contribution in [0.25, 0.3) is 5.70 Å². The molecule has 2 aromatic rings. The third kappa shape index (κ3) is 2.96. The molecule has 3 rings (SSSR count). The number of carbonyl (C=O) groups excluding carboxylic acids is 1. The van der Waals surface area contributed by atoms with Crippen molar-refractivity contribution >= 4 is 17.2 Å². The first kappa shape index (κ1) is 16.0. The van der Waals surface area contributed by atoms with Crippen LogP contribution in [0.3, 0.4) is 0 Å². The molecule has 1 aliphatic carbocycles. The van der Waals surface area contributed by atoms with Crippen molar-refractivity contribution in [2.75, 3.05) is 5.32 Å². The molecule has 0 aromatic heterocycles. The highest BCUT2D eigenvalue weighted by Gasteiger charge is 2.26. The number of allylic oxidation sites excluding steroid dienone is 1. The highest BCUT2D eigenvalue weighted by molar-refractivity contribution is 6.11. The number of carbonyl (C=O) groups is 1. The van der Waals surface area contributed by atoms with E-state index >= 15 is 0 Å². The number of fused-ring (bicyclic) bond motifs is 1. The molecular weight excluding hydrogens is 296 g/mol. The molecule has 0 amide bonds. The van der Waals surface area contributed by atoms with Crippen LogP contribution in [0.5, 0.6) is 0 Å². The van der Waals surface area contributed by atoms with Gasteiger partial charge in [-0.3, -0.25) is 4.79 Å². The number of aryl methyl sites for hydroxylation is 2. The van der Waals surface area contributed by atoms with E-state index in [2.05, 4.69) is 49.5 Å². The second-order valence-electron chi connectivity index (χ2n) is 5.98. The summed E-state index contributed by atoms with van der Waals surface area (Å²) in [4.78, 5) is 12.3. The number of ketones is 1. The number of hydrogen-bond acceptors (Lipinski definition) is 3. The SMILES string of the molecule is CCc1ccc(NC2=C(C#N)C(=O)Cc3ccc(CC)cc32)cc1. The monoisotopic (exact) mass is 316 g/mol. The number of benzene rings is 2. The average molecular weight is 316 g/mol. The van der Waals surface area contributed by atoms with Gasteiger partial charge in [0.2, 0.25) is 0 Å². The van der Waals surface area contributed by atoms with E-state index in [9.17, 15) is 10.1 Å². The first-order valence-electron chi connectivity index (χ1n) is 8.32. The van der Waals surface area contributed by atoms with Crippen LogP contribution in [0, 0.1) is 11.3 Å². The number of hydrogen-bond donors (Lipinski definition) is 1. The summed E-state index contributed by atoms with van der Waals surface area (Å²) in [6.45, 7) is 4.21. The van der Waals surface area contributed by atoms with Gasteiger partial charge in [-0.25, -0.2) is 0 Å². The van der Waals surface area contributed by atoms with E-state index in [4.69, 9.17) is 0 Å². The van der Waals surface area contributed by atoms with Gasteiger partial charge in [-0.05, 0) is 47.7 Å². The molecule has 1 N–H and O–H groups in total. The molecule has 0 unspecified atom stereocenters. The fourth-order valence-corrected chi connectivity index (χ4v) is 2.98. The number of nitriles is 1. The lowest BCUT2D eigenvalue weighted by atomic mass is 9.87. The first-order valence-corrected chi connectivity index (χ1v) is 8.32. The molecule has 3 nitrogen and oxygen atoms in total. The van der Waals surface area contributed by atoms with Gasteiger partial charge in [0.05, 0.1) is 5.70 Å². The first-order chi connectivity index (χ1) is 11.7. The number of Topliss-reactive ketones (excluding diaryl/α,β-unsaturated/α-hetero) is 1. The molecule has 0 aliphatic heterocycles. The fourth-order valence-electron chi connectivity index (χ4n) is 2.98. The Labute approximate surface area is 142 Å². The summed E-state index contributed by atoms with van der Waals surface area (Å²) in [5, 5.41) is 12.8. The highest BCUT2D eigenvalue weighted by atomic mass is 16.1. The summed E-state index contributed by atoms with van der Waals surface area (Å²) in [6, 6.07) is 16.3. The molecule has 0 saturated heterocycles. The molecule has 120 valence electrons. The summed E-state index contributed by atoms with van der Waals surface area (Å²) in [5.41, 5.74) is 6.12.